The van der Waals surface area contributed by atoms with Gasteiger partial charge in [0.2, 0.25) is 5.91 Å². The lowest BCUT2D eigenvalue weighted by molar-refractivity contribution is -0.131. The number of amides is 1. The number of benzene rings is 1. The molecule has 4 nitrogen and oxygen atoms in total. The van der Waals surface area contributed by atoms with Crippen LogP contribution in [0, 0.1) is 0 Å². The molecule has 0 atom stereocenters. The Morgan fingerprint density at radius 3 is 2.94 bits per heavy atom. The summed E-state index contributed by atoms with van der Waals surface area (Å²) in [5.74, 6) is 0.161. The van der Waals surface area contributed by atoms with E-state index in [1.807, 2.05) is 11.0 Å². The van der Waals surface area contributed by atoms with Gasteiger partial charge in [0.15, 0.2) is 0 Å². The van der Waals surface area contributed by atoms with Crippen LogP contribution in [0.4, 0.5) is 0 Å². The van der Waals surface area contributed by atoms with Crippen LogP contribution in [0.3, 0.4) is 0 Å². The smallest absolute Gasteiger partial charge is 0.228 e. The maximum Gasteiger partial charge on any atom is 0.228 e. The number of imidazole rings is 1. The highest BCUT2D eigenvalue weighted by Crippen LogP contribution is 2.18. The van der Waals surface area contributed by atoms with Gasteiger partial charge in [-0.15, -0.1) is 0 Å². The van der Waals surface area contributed by atoms with Crippen molar-refractivity contribution in [2.75, 3.05) is 6.54 Å². The lowest BCUT2D eigenvalue weighted by Gasteiger charge is -2.28. The van der Waals surface area contributed by atoms with E-state index >= 15 is 0 Å². The average Bonchev–Trinajstić information content (AvgIpc) is 2.91. The largest absolute Gasteiger partial charge is 0.348 e. The highest BCUT2D eigenvalue weighted by atomic mass is 16.2. The van der Waals surface area contributed by atoms with Gasteiger partial charge in [0.25, 0.3) is 0 Å². The van der Waals surface area contributed by atoms with Crippen LogP contribution in [0.5, 0.6) is 0 Å². The summed E-state index contributed by atoms with van der Waals surface area (Å²) < 4.78 is 0. The summed E-state index contributed by atoms with van der Waals surface area (Å²) in [4.78, 5) is 21.0. The molecule has 0 radical (unpaired) electrons. The van der Waals surface area contributed by atoms with Gasteiger partial charge < -0.3 is 9.88 Å². The second kappa shape index (κ2) is 4.64. The maximum absolute atomic E-state index is 12.2. The van der Waals surface area contributed by atoms with Crippen LogP contribution in [0.1, 0.15) is 16.8 Å². The summed E-state index contributed by atoms with van der Waals surface area (Å²) in [5, 5.41) is 0. The second-order valence-corrected chi connectivity index (χ2v) is 4.59. The second-order valence-electron chi connectivity index (χ2n) is 4.59. The van der Waals surface area contributed by atoms with Crippen LogP contribution in [0.25, 0.3) is 0 Å². The molecule has 0 spiro atoms. The number of aromatic nitrogens is 2. The molecule has 18 heavy (non-hydrogen) atoms. The van der Waals surface area contributed by atoms with E-state index in [1.165, 1.54) is 11.1 Å². The molecular weight excluding hydrogens is 226 g/mol. The molecule has 1 aliphatic heterocycles. The van der Waals surface area contributed by atoms with Gasteiger partial charge in [0.1, 0.15) is 0 Å². The quantitative estimate of drug-likeness (QED) is 0.867. The molecule has 0 bridgehead atoms. The summed E-state index contributed by atoms with van der Waals surface area (Å²) in [6.45, 7) is 1.53. The number of rotatable bonds is 2. The highest BCUT2D eigenvalue weighted by Gasteiger charge is 2.20. The first-order valence-corrected chi connectivity index (χ1v) is 6.15. The molecule has 0 unspecified atom stereocenters. The monoisotopic (exact) mass is 241 g/mol. The fraction of sp³-hybridized carbons (Fsp3) is 0.286. The molecule has 4 heteroatoms. The zero-order valence-corrected chi connectivity index (χ0v) is 10.1. The van der Waals surface area contributed by atoms with Crippen LogP contribution < -0.4 is 0 Å². The molecule has 0 aliphatic carbocycles. The SMILES string of the molecule is O=C(Cc1cnc[nH]1)N1CCc2ccccc2C1. The van der Waals surface area contributed by atoms with E-state index in [9.17, 15) is 4.79 Å². The number of nitrogens with one attached hydrogen (secondary N) is 1. The summed E-state index contributed by atoms with van der Waals surface area (Å²) in [6, 6.07) is 8.33. The minimum atomic E-state index is 0.161. The van der Waals surface area contributed by atoms with Gasteiger partial charge in [-0.2, -0.15) is 0 Å². The molecule has 2 aromatic rings. The molecule has 1 amide bonds. The molecule has 0 saturated heterocycles. The molecule has 2 heterocycles. The van der Waals surface area contributed by atoms with E-state index in [0.717, 1.165) is 25.2 Å². The Balaban J connectivity index is 1.70. The van der Waals surface area contributed by atoms with Crippen LogP contribution in [-0.2, 0) is 24.2 Å². The van der Waals surface area contributed by atoms with Crippen LogP contribution in [0.2, 0.25) is 0 Å². The molecule has 92 valence electrons. The number of hydrogen-bond acceptors (Lipinski definition) is 2. The first-order valence-electron chi connectivity index (χ1n) is 6.15. The fourth-order valence-electron chi connectivity index (χ4n) is 2.36. The summed E-state index contributed by atoms with van der Waals surface area (Å²) >= 11 is 0. The predicted octanol–water partition coefficient (Wildman–Crippen LogP) is 1.54. The van der Waals surface area contributed by atoms with Crippen molar-refractivity contribution in [2.24, 2.45) is 0 Å². The molecule has 1 aromatic heterocycles. The van der Waals surface area contributed by atoms with Crippen molar-refractivity contribution in [3.05, 3.63) is 53.6 Å². The van der Waals surface area contributed by atoms with E-state index in [2.05, 4.69) is 28.2 Å². The fourth-order valence-corrected chi connectivity index (χ4v) is 2.36. The molecule has 0 fully saturated rings. The van der Waals surface area contributed by atoms with Gasteiger partial charge >= 0.3 is 0 Å². The van der Waals surface area contributed by atoms with E-state index in [4.69, 9.17) is 0 Å². The first-order chi connectivity index (χ1) is 8.83. The molecular formula is C14H15N3O. The lowest BCUT2D eigenvalue weighted by atomic mass is 10.00. The summed E-state index contributed by atoms with van der Waals surface area (Å²) in [7, 11) is 0. The van der Waals surface area contributed by atoms with E-state index in [0.29, 0.717) is 6.42 Å². The topological polar surface area (TPSA) is 49.0 Å². The standard InChI is InChI=1S/C14H15N3O/c18-14(7-13-8-15-10-16-13)17-6-5-11-3-1-2-4-12(11)9-17/h1-4,8,10H,5-7,9H2,(H,15,16). The van der Waals surface area contributed by atoms with Crippen LogP contribution in [0.15, 0.2) is 36.8 Å². The first kappa shape index (κ1) is 11.0. The number of aromatic amines is 1. The summed E-state index contributed by atoms with van der Waals surface area (Å²) in [5.41, 5.74) is 3.50. The van der Waals surface area contributed by atoms with Crippen molar-refractivity contribution in [1.29, 1.82) is 0 Å². The van der Waals surface area contributed by atoms with Gasteiger partial charge in [-0.1, -0.05) is 24.3 Å². The lowest BCUT2D eigenvalue weighted by Crippen LogP contribution is -2.36. The Labute approximate surface area is 106 Å². The minimum absolute atomic E-state index is 0.161. The third-order valence-corrected chi connectivity index (χ3v) is 3.38. The average molecular weight is 241 g/mol. The van der Waals surface area contributed by atoms with Crippen LogP contribution in [-0.4, -0.2) is 27.3 Å². The van der Waals surface area contributed by atoms with E-state index < -0.39 is 0 Å². The third kappa shape index (κ3) is 2.14. The molecule has 1 aromatic carbocycles. The number of hydrogen-bond donors (Lipinski definition) is 1. The Bertz CT molecular complexity index is 548. The van der Waals surface area contributed by atoms with Gasteiger partial charge in [-0.3, -0.25) is 4.79 Å². The summed E-state index contributed by atoms with van der Waals surface area (Å²) in [6.07, 6.45) is 4.66. The minimum Gasteiger partial charge on any atom is -0.348 e. The number of carbonyl (C=O) groups excluding carboxylic acids is 1. The van der Waals surface area contributed by atoms with Crippen LogP contribution >= 0.6 is 0 Å². The van der Waals surface area contributed by atoms with Crippen molar-refractivity contribution in [2.45, 2.75) is 19.4 Å². The number of nitrogens with zero attached hydrogens (tertiary/aromatic N) is 2. The third-order valence-electron chi connectivity index (χ3n) is 3.38. The molecule has 0 saturated carbocycles. The van der Waals surface area contributed by atoms with Crippen molar-refractivity contribution >= 4 is 5.91 Å². The molecule has 3 rings (SSSR count). The predicted molar refractivity (Wildman–Crippen MR) is 67.9 cm³/mol. The van der Waals surface area contributed by atoms with Gasteiger partial charge in [-0.05, 0) is 17.5 Å². The van der Waals surface area contributed by atoms with Gasteiger partial charge in [0, 0.05) is 25.0 Å². The number of fused-ring (bicyclic) bond motifs is 1. The van der Waals surface area contributed by atoms with E-state index in [1.54, 1.807) is 12.5 Å². The van der Waals surface area contributed by atoms with Crippen molar-refractivity contribution in [1.82, 2.24) is 14.9 Å². The van der Waals surface area contributed by atoms with E-state index in [-0.39, 0.29) is 5.91 Å². The Kier molecular flexibility index (Phi) is 2.84. The van der Waals surface area contributed by atoms with Gasteiger partial charge in [0.05, 0.1) is 12.7 Å². The van der Waals surface area contributed by atoms with Gasteiger partial charge in [-0.25, -0.2) is 4.98 Å². The highest BCUT2D eigenvalue weighted by molar-refractivity contribution is 5.78. The Morgan fingerprint density at radius 2 is 2.17 bits per heavy atom. The zero-order chi connectivity index (χ0) is 12.4. The Morgan fingerprint density at radius 1 is 1.33 bits per heavy atom. The van der Waals surface area contributed by atoms with Crippen molar-refractivity contribution < 1.29 is 4.79 Å². The molecule has 1 N–H and O–H groups in total. The Hall–Kier alpha value is -2.10. The normalized spacial score (nSPS) is 14.3. The maximum atomic E-state index is 12.2. The van der Waals surface area contributed by atoms with Crippen molar-refractivity contribution in [3.8, 4) is 0 Å². The van der Waals surface area contributed by atoms with Crippen molar-refractivity contribution in [3.63, 3.8) is 0 Å². The number of carbonyl (C=O) groups is 1. The zero-order valence-electron chi connectivity index (χ0n) is 10.1. The number of H-pyrrole nitrogens is 1. The molecule has 1 aliphatic rings.